The van der Waals surface area contributed by atoms with Crippen molar-refractivity contribution in [2.24, 2.45) is 0 Å². The van der Waals surface area contributed by atoms with Crippen LogP contribution in [0.3, 0.4) is 0 Å². The third-order valence-corrected chi connectivity index (χ3v) is 6.89. The predicted octanol–water partition coefficient (Wildman–Crippen LogP) is 5.52. The molecule has 192 valence electrons. The zero-order valence-corrected chi connectivity index (χ0v) is 21.2. The Hall–Kier alpha value is -4.42. The number of carbonyl (C=O) groups is 2. The van der Waals surface area contributed by atoms with Crippen LogP contribution in [0.15, 0.2) is 103 Å². The Bertz CT molecular complexity index is 1360. The highest BCUT2D eigenvalue weighted by Crippen LogP contribution is 2.44. The molecule has 1 atom stereocenters. The first-order chi connectivity index (χ1) is 18.6. The van der Waals surface area contributed by atoms with Crippen molar-refractivity contribution in [2.75, 3.05) is 20.3 Å². The van der Waals surface area contributed by atoms with Gasteiger partial charge in [0.25, 0.3) is 0 Å². The summed E-state index contributed by atoms with van der Waals surface area (Å²) in [7, 11) is 1.33. The average molecular weight is 507 g/mol. The van der Waals surface area contributed by atoms with E-state index in [2.05, 4.69) is 59.2 Å². The zero-order chi connectivity index (χ0) is 26.3. The van der Waals surface area contributed by atoms with Gasteiger partial charge in [0.15, 0.2) is 0 Å². The van der Waals surface area contributed by atoms with Crippen molar-refractivity contribution < 1.29 is 19.1 Å². The fourth-order valence-corrected chi connectivity index (χ4v) is 4.90. The van der Waals surface area contributed by atoms with Crippen LogP contribution >= 0.6 is 0 Å². The van der Waals surface area contributed by atoms with E-state index in [4.69, 9.17) is 9.47 Å². The lowest BCUT2D eigenvalue weighted by molar-refractivity contribution is -0.143. The molecule has 0 unspecified atom stereocenters. The number of benzene rings is 4. The molecule has 1 aliphatic rings. The summed E-state index contributed by atoms with van der Waals surface area (Å²) in [4.78, 5) is 24.9. The van der Waals surface area contributed by atoms with Gasteiger partial charge in [-0.1, -0.05) is 103 Å². The molecule has 6 nitrogen and oxygen atoms in total. The molecule has 38 heavy (non-hydrogen) atoms. The minimum absolute atomic E-state index is 0.0264. The minimum atomic E-state index is -0.714. The van der Waals surface area contributed by atoms with E-state index < -0.39 is 18.1 Å². The van der Waals surface area contributed by atoms with Crippen LogP contribution in [-0.2, 0) is 20.8 Å². The van der Waals surface area contributed by atoms with Crippen molar-refractivity contribution >= 4 is 12.1 Å². The van der Waals surface area contributed by atoms with Crippen LogP contribution in [-0.4, -0.2) is 38.4 Å². The van der Waals surface area contributed by atoms with Gasteiger partial charge in [-0.05, 0) is 38.9 Å². The topological polar surface area (TPSA) is 76.7 Å². The van der Waals surface area contributed by atoms with Gasteiger partial charge < -0.3 is 14.8 Å². The summed E-state index contributed by atoms with van der Waals surface area (Å²) in [6, 6.07) is 33.9. The molecule has 4 aromatic rings. The standard InChI is InChI=1S/C32H30N2O4/c1-37-31(35)30(33-19-22-15-17-24(18-16-22)23-9-3-2-4-10-23)20-34-32(36)38-21-29-27-13-7-5-11-25(27)26-12-6-8-14-28(26)29/h2-18,29-30,33H,19-21H2,1H3,(H,34,36)/t30-/m0/s1. The number of nitrogens with one attached hydrogen (secondary N) is 2. The molecule has 0 heterocycles. The molecular weight excluding hydrogens is 476 g/mol. The van der Waals surface area contributed by atoms with Gasteiger partial charge in [-0.25, -0.2) is 4.79 Å². The average Bonchev–Trinajstić information content (AvgIpc) is 3.30. The van der Waals surface area contributed by atoms with Crippen LogP contribution in [0, 0.1) is 0 Å². The number of methoxy groups -OCH3 is 1. The number of amides is 1. The SMILES string of the molecule is COC(=O)[C@H](CNC(=O)OCC1c2ccccc2-c2ccccc21)NCc1ccc(-c2ccccc2)cc1. The third-order valence-electron chi connectivity index (χ3n) is 6.89. The second kappa shape index (κ2) is 11.8. The highest BCUT2D eigenvalue weighted by molar-refractivity contribution is 5.79. The lowest BCUT2D eigenvalue weighted by Crippen LogP contribution is -2.46. The Morgan fingerprint density at radius 2 is 1.34 bits per heavy atom. The number of hydrogen-bond donors (Lipinski definition) is 2. The Morgan fingerprint density at radius 3 is 1.97 bits per heavy atom. The van der Waals surface area contributed by atoms with E-state index in [0.717, 1.165) is 27.8 Å². The van der Waals surface area contributed by atoms with Crippen molar-refractivity contribution in [2.45, 2.75) is 18.5 Å². The van der Waals surface area contributed by atoms with E-state index in [-0.39, 0.29) is 19.1 Å². The van der Waals surface area contributed by atoms with Gasteiger partial charge in [0.05, 0.1) is 7.11 Å². The summed E-state index contributed by atoms with van der Waals surface area (Å²) in [6.45, 7) is 0.705. The monoisotopic (exact) mass is 506 g/mol. The molecule has 1 aliphatic carbocycles. The molecule has 5 rings (SSSR count). The van der Waals surface area contributed by atoms with E-state index in [0.29, 0.717) is 6.54 Å². The van der Waals surface area contributed by atoms with E-state index in [9.17, 15) is 9.59 Å². The van der Waals surface area contributed by atoms with E-state index in [1.807, 2.05) is 54.6 Å². The van der Waals surface area contributed by atoms with Crippen molar-refractivity contribution in [3.05, 3.63) is 120 Å². The van der Waals surface area contributed by atoms with Gasteiger partial charge in [0, 0.05) is 19.0 Å². The maximum absolute atomic E-state index is 12.6. The van der Waals surface area contributed by atoms with Crippen molar-refractivity contribution in [1.82, 2.24) is 10.6 Å². The molecule has 4 aromatic carbocycles. The highest BCUT2D eigenvalue weighted by Gasteiger charge is 2.29. The Labute approximate surface area is 222 Å². The van der Waals surface area contributed by atoms with Crippen LogP contribution in [0.2, 0.25) is 0 Å². The predicted molar refractivity (Wildman–Crippen MR) is 148 cm³/mol. The summed E-state index contributed by atoms with van der Waals surface area (Å²) < 4.78 is 10.5. The van der Waals surface area contributed by atoms with Crippen LogP contribution in [0.25, 0.3) is 22.3 Å². The lowest BCUT2D eigenvalue weighted by Gasteiger charge is -2.18. The summed E-state index contributed by atoms with van der Waals surface area (Å²) in [5.74, 6) is -0.480. The van der Waals surface area contributed by atoms with E-state index in [1.165, 1.54) is 18.2 Å². The molecule has 2 N–H and O–H groups in total. The smallest absolute Gasteiger partial charge is 0.407 e. The molecule has 0 fully saturated rings. The largest absolute Gasteiger partial charge is 0.468 e. The van der Waals surface area contributed by atoms with Gasteiger partial charge in [-0.2, -0.15) is 0 Å². The van der Waals surface area contributed by atoms with Crippen LogP contribution in [0.1, 0.15) is 22.6 Å². The molecule has 0 aliphatic heterocycles. The molecule has 6 heteroatoms. The van der Waals surface area contributed by atoms with E-state index in [1.54, 1.807) is 0 Å². The van der Waals surface area contributed by atoms with Crippen molar-refractivity contribution in [3.8, 4) is 22.3 Å². The Balaban J connectivity index is 1.15. The summed E-state index contributed by atoms with van der Waals surface area (Å²) in [5, 5.41) is 5.89. The van der Waals surface area contributed by atoms with Crippen LogP contribution in [0.4, 0.5) is 4.79 Å². The van der Waals surface area contributed by atoms with Crippen molar-refractivity contribution in [1.29, 1.82) is 0 Å². The second-order valence-electron chi connectivity index (χ2n) is 9.23. The lowest BCUT2D eigenvalue weighted by atomic mass is 9.98. The minimum Gasteiger partial charge on any atom is -0.468 e. The number of hydrogen-bond acceptors (Lipinski definition) is 5. The highest BCUT2D eigenvalue weighted by atomic mass is 16.5. The maximum atomic E-state index is 12.6. The molecule has 1 amide bonds. The van der Waals surface area contributed by atoms with Gasteiger partial charge in [0.2, 0.25) is 0 Å². The Morgan fingerprint density at radius 1 is 0.763 bits per heavy atom. The van der Waals surface area contributed by atoms with Gasteiger partial charge in [-0.15, -0.1) is 0 Å². The quantitative estimate of drug-likeness (QED) is 0.292. The number of esters is 1. The van der Waals surface area contributed by atoms with Gasteiger partial charge in [0.1, 0.15) is 12.6 Å². The summed E-state index contributed by atoms with van der Waals surface area (Å²) in [6.07, 6.45) is -0.574. The molecule has 0 radical (unpaired) electrons. The molecular formula is C32H30N2O4. The van der Waals surface area contributed by atoms with Crippen LogP contribution in [0.5, 0.6) is 0 Å². The zero-order valence-electron chi connectivity index (χ0n) is 21.2. The number of alkyl carbamates (subject to hydrolysis) is 1. The summed E-state index contributed by atoms with van der Waals surface area (Å²) in [5.41, 5.74) is 7.91. The first kappa shape index (κ1) is 25.2. The molecule has 0 bridgehead atoms. The third kappa shape index (κ3) is 5.61. The molecule has 0 spiro atoms. The molecule has 0 aromatic heterocycles. The van der Waals surface area contributed by atoms with Crippen LogP contribution < -0.4 is 10.6 Å². The fourth-order valence-electron chi connectivity index (χ4n) is 4.90. The second-order valence-corrected chi connectivity index (χ2v) is 9.23. The normalized spacial score (nSPS) is 12.8. The number of fused-ring (bicyclic) bond motifs is 3. The number of carbonyl (C=O) groups excluding carboxylic acids is 2. The number of ether oxygens (including phenoxy) is 2. The maximum Gasteiger partial charge on any atom is 0.407 e. The molecule has 0 saturated carbocycles. The van der Waals surface area contributed by atoms with Gasteiger partial charge >= 0.3 is 12.1 Å². The van der Waals surface area contributed by atoms with E-state index >= 15 is 0 Å². The molecule has 0 saturated heterocycles. The fraction of sp³-hybridized carbons (Fsp3) is 0.188. The Kier molecular flexibility index (Phi) is 7.81. The summed E-state index contributed by atoms with van der Waals surface area (Å²) >= 11 is 0. The van der Waals surface area contributed by atoms with Crippen molar-refractivity contribution in [3.63, 3.8) is 0 Å². The first-order valence-electron chi connectivity index (χ1n) is 12.7. The number of rotatable bonds is 9. The first-order valence-corrected chi connectivity index (χ1v) is 12.7. The van der Waals surface area contributed by atoms with Gasteiger partial charge in [-0.3, -0.25) is 10.1 Å².